The molecule has 17 heavy (non-hydrogen) atoms. The zero-order valence-corrected chi connectivity index (χ0v) is 9.26. The number of carbonyl (C=O) groups excluding carboxylic acids is 1. The average molecular weight is 235 g/mol. The summed E-state index contributed by atoms with van der Waals surface area (Å²) in [5.74, 6) is 0.449. The van der Waals surface area contributed by atoms with Crippen molar-refractivity contribution in [1.82, 2.24) is 0 Å². The van der Waals surface area contributed by atoms with E-state index in [1.807, 2.05) is 6.07 Å². The fourth-order valence-electron chi connectivity index (χ4n) is 1.96. The van der Waals surface area contributed by atoms with Gasteiger partial charge in [-0.2, -0.15) is 5.06 Å². The maximum absolute atomic E-state index is 11.4. The summed E-state index contributed by atoms with van der Waals surface area (Å²) in [6, 6.07) is 5.33. The Balaban J connectivity index is 1.86. The molecule has 1 atom stereocenters. The van der Waals surface area contributed by atoms with Gasteiger partial charge in [-0.3, -0.25) is 10.0 Å². The monoisotopic (exact) mass is 235 g/mol. The lowest BCUT2D eigenvalue weighted by molar-refractivity contribution is -0.124. The average Bonchev–Trinajstić information content (AvgIpc) is 3.15. The highest BCUT2D eigenvalue weighted by Gasteiger charge is 2.27. The minimum absolute atomic E-state index is 0.196. The molecule has 1 unspecified atom stereocenters. The van der Waals surface area contributed by atoms with Gasteiger partial charge in [0.1, 0.15) is 18.5 Å². The van der Waals surface area contributed by atoms with Gasteiger partial charge in [-0.25, -0.2) is 0 Å². The molecular weight excluding hydrogens is 222 g/mol. The van der Waals surface area contributed by atoms with E-state index in [1.54, 1.807) is 12.1 Å². The number of hydroxylamine groups is 1. The molecule has 0 aromatic heterocycles. The number of amides is 1. The van der Waals surface area contributed by atoms with Crippen molar-refractivity contribution in [3.8, 4) is 5.75 Å². The van der Waals surface area contributed by atoms with E-state index in [9.17, 15) is 10.0 Å². The van der Waals surface area contributed by atoms with Crippen LogP contribution in [0.3, 0.4) is 0 Å². The fraction of sp³-hybridized carbons (Fsp3) is 0.417. The third-order valence-corrected chi connectivity index (χ3v) is 2.99. The quantitative estimate of drug-likeness (QED) is 0.630. The minimum Gasteiger partial charge on any atom is -0.490 e. The molecule has 1 fully saturated rings. The molecule has 0 aliphatic carbocycles. The summed E-state index contributed by atoms with van der Waals surface area (Å²) in [5.41, 5.74) is 1.41. The Kier molecular flexibility index (Phi) is 2.49. The van der Waals surface area contributed by atoms with Crippen LogP contribution in [-0.4, -0.2) is 30.4 Å². The van der Waals surface area contributed by atoms with Crippen LogP contribution >= 0.6 is 0 Å². The number of benzene rings is 1. The van der Waals surface area contributed by atoms with E-state index in [4.69, 9.17) is 9.47 Å². The van der Waals surface area contributed by atoms with Crippen molar-refractivity contribution in [3.05, 3.63) is 23.8 Å². The van der Waals surface area contributed by atoms with Gasteiger partial charge in [0.05, 0.1) is 12.3 Å². The van der Waals surface area contributed by atoms with Crippen LogP contribution in [0.15, 0.2) is 18.2 Å². The Labute approximate surface area is 98.5 Å². The van der Waals surface area contributed by atoms with Crippen molar-refractivity contribution in [3.63, 3.8) is 0 Å². The Bertz CT molecular complexity index is 456. The zero-order chi connectivity index (χ0) is 11.8. The fourth-order valence-corrected chi connectivity index (χ4v) is 1.96. The summed E-state index contributed by atoms with van der Waals surface area (Å²) in [5, 5.41) is 10.4. The number of rotatable bonds is 3. The third-order valence-electron chi connectivity index (χ3n) is 2.99. The van der Waals surface area contributed by atoms with E-state index < -0.39 is 0 Å². The SMILES string of the molecule is O=C1CCc2c(OCC3CO3)cccc2N1O. The summed E-state index contributed by atoms with van der Waals surface area (Å²) in [7, 11) is 0. The molecule has 1 amide bonds. The van der Waals surface area contributed by atoms with Gasteiger partial charge in [0.15, 0.2) is 0 Å². The van der Waals surface area contributed by atoms with Crippen LogP contribution in [-0.2, 0) is 16.0 Å². The van der Waals surface area contributed by atoms with Crippen LogP contribution in [0.1, 0.15) is 12.0 Å². The van der Waals surface area contributed by atoms with E-state index in [0.717, 1.165) is 17.9 Å². The Hall–Kier alpha value is -1.59. The maximum Gasteiger partial charge on any atom is 0.251 e. The molecule has 1 N–H and O–H groups in total. The third kappa shape index (κ3) is 1.99. The molecule has 0 radical (unpaired) electrons. The summed E-state index contributed by atoms with van der Waals surface area (Å²) >= 11 is 0. The molecule has 2 aliphatic rings. The molecule has 0 bridgehead atoms. The largest absolute Gasteiger partial charge is 0.490 e. The van der Waals surface area contributed by atoms with Gasteiger partial charge in [0.2, 0.25) is 0 Å². The molecule has 90 valence electrons. The maximum atomic E-state index is 11.4. The van der Waals surface area contributed by atoms with Crippen LogP contribution in [0.25, 0.3) is 0 Å². The lowest BCUT2D eigenvalue weighted by Gasteiger charge is -2.25. The highest BCUT2D eigenvalue weighted by Crippen LogP contribution is 2.34. The second-order valence-electron chi connectivity index (χ2n) is 4.23. The van der Waals surface area contributed by atoms with Gasteiger partial charge >= 0.3 is 0 Å². The normalized spacial score (nSPS) is 22.3. The number of hydrogen-bond donors (Lipinski definition) is 1. The first-order chi connectivity index (χ1) is 8.25. The molecule has 1 aromatic carbocycles. The van der Waals surface area contributed by atoms with E-state index in [1.165, 1.54) is 0 Å². The van der Waals surface area contributed by atoms with E-state index in [-0.39, 0.29) is 12.0 Å². The van der Waals surface area contributed by atoms with Crippen molar-refractivity contribution >= 4 is 11.6 Å². The first-order valence-electron chi connectivity index (χ1n) is 5.64. The Morgan fingerprint density at radius 3 is 3.06 bits per heavy atom. The van der Waals surface area contributed by atoms with Crippen molar-refractivity contribution in [2.75, 3.05) is 18.3 Å². The molecule has 1 aromatic rings. The molecule has 2 aliphatic heterocycles. The number of fused-ring (bicyclic) bond motifs is 1. The van der Waals surface area contributed by atoms with E-state index in [0.29, 0.717) is 30.2 Å². The first-order valence-corrected chi connectivity index (χ1v) is 5.64. The summed E-state index contributed by atoms with van der Waals surface area (Å²) in [6.45, 7) is 1.27. The van der Waals surface area contributed by atoms with E-state index >= 15 is 0 Å². The molecule has 5 nitrogen and oxygen atoms in total. The summed E-state index contributed by atoms with van der Waals surface area (Å²) in [4.78, 5) is 11.4. The highest BCUT2D eigenvalue weighted by molar-refractivity contribution is 5.94. The Morgan fingerprint density at radius 2 is 2.29 bits per heavy atom. The van der Waals surface area contributed by atoms with Crippen molar-refractivity contribution in [1.29, 1.82) is 0 Å². The van der Waals surface area contributed by atoms with Crippen LogP contribution in [0.4, 0.5) is 5.69 Å². The number of epoxide rings is 1. The van der Waals surface area contributed by atoms with Gasteiger partial charge in [-0.1, -0.05) is 6.07 Å². The lowest BCUT2D eigenvalue weighted by Crippen LogP contribution is -2.32. The Morgan fingerprint density at radius 1 is 1.47 bits per heavy atom. The molecule has 5 heteroatoms. The number of hydrogen-bond acceptors (Lipinski definition) is 4. The summed E-state index contributed by atoms with van der Waals surface area (Å²) < 4.78 is 10.7. The molecule has 0 spiro atoms. The number of ether oxygens (including phenoxy) is 2. The second-order valence-corrected chi connectivity index (χ2v) is 4.23. The van der Waals surface area contributed by atoms with Crippen molar-refractivity contribution in [2.24, 2.45) is 0 Å². The van der Waals surface area contributed by atoms with Crippen LogP contribution in [0.2, 0.25) is 0 Å². The summed E-state index contributed by atoms with van der Waals surface area (Å²) in [6.07, 6.45) is 1.11. The van der Waals surface area contributed by atoms with E-state index in [2.05, 4.69) is 0 Å². The van der Waals surface area contributed by atoms with Gasteiger partial charge < -0.3 is 9.47 Å². The zero-order valence-electron chi connectivity index (χ0n) is 9.26. The predicted octanol–water partition coefficient (Wildman–Crippen LogP) is 1.13. The molecule has 3 rings (SSSR count). The van der Waals surface area contributed by atoms with Crippen LogP contribution < -0.4 is 9.80 Å². The van der Waals surface area contributed by atoms with Crippen molar-refractivity contribution < 1.29 is 19.5 Å². The molecule has 1 saturated heterocycles. The van der Waals surface area contributed by atoms with Crippen LogP contribution in [0.5, 0.6) is 5.75 Å². The number of anilines is 1. The van der Waals surface area contributed by atoms with Gasteiger partial charge in [-0.15, -0.1) is 0 Å². The minimum atomic E-state index is -0.278. The first kappa shape index (κ1) is 10.6. The topological polar surface area (TPSA) is 62.3 Å². The van der Waals surface area contributed by atoms with Crippen molar-refractivity contribution in [2.45, 2.75) is 18.9 Å². The van der Waals surface area contributed by atoms with Gasteiger partial charge in [0.25, 0.3) is 5.91 Å². The molecule has 0 saturated carbocycles. The lowest BCUT2D eigenvalue weighted by atomic mass is 10.0. The number of nitrogens with zero attached hydrogens (tertiary/aromatic N) is 1. The number of carbonyl (C=O) groups is 1. The smallest absolute Gasteiger partial charge is 0.251 e. The standard InChI is InChI=1S/C12H13NO4/c14-12-5-4-9-10(13(12)15)2-1-3-11(9)17-7-8-6-16-8/h1-3,8,15H,4-7H2. The molecule has 2 heterocycles. The molecular formula is C12H13NO4. The van der Waals surface area contributed by atoms with Gasteiger partial charge in [0, 0.05) is 12.0 Å². The van der Waals surface area contributed by atoms with Gasteiger partial charge in [-0.05, 0) is 18.6 Å². The van der Waals surface area contributed by atoms with Crippen LogP contribution in [0, 0.1) is 0 Å². The predicted molar refractivity (Wildman–Crippen MR) is 59.3 cm³/mol. The highest BCUT2D eigenvalue weighted by atomic mass is 16.6. The second kappa shape index (κ2) is 4.01.